The first-order valence-corrected chi connectivity index (χ1v) is 8.42. The van der Waals surface area contributed by atoms with E-state index in [4.69, 9.17) is 14.2 Å². The summed E-state index contributed by atoms with van der Waals surface area (Å²) in [5, 5.41) is 1.30. The molecular formula is C16H17O3P. The second kappa shape index (κ2) is 5.34. The Balaban J connectivity index is 2.27. The molecule has 0 amide bonds. The first kappa shape index (κ1) is 13.3. The van der Waals surface area contributed by atoms with Crippen molar-refractivity contribution >= 4 is 13.2 Å². The molecule has 2 aromatic carbocycles. The SMILES string of the molecule is COc1cccc(OC)c1-c1cccc2c1P(C)CO2. The zero-order valence-electron chi connectivity index (χ0n) is 11.8. The lowest BCUT2D eigenvalue weighted by atomic mass is 10.0. The van der Waals surface area contributed by atoms with Crippen LogP contribution in [0.15, 0.2) is 36.4 Å². The highest BCUT2D eigenvalue weighted by atomic mass is 31.1. The van der Waals surface area contributed by atoms with E-state index in [0.717, 1.165) is 34.7 Å². The van der Waals surface area contributed by atoms with Crippen LogP contribution in [0.4, 0.5) is 0 Å². The molecule has 0 fully saturated rings. The van der Waals surface area contributed by atoms with Crippen molar-refractivity contribution in [1.29, 1.82) is 0 Å². The molecule has 20 heavy (non-hydrogen) atoms. The number of hydrogen-bond acceptors (Lipinski definition) is 3. The molecule has 3 rings (SSSR count). The molecule has 0 spiro atoms. The number of fused-ring (bicyclic) bond motifs is 1. The van der Waals surface area contributed by atoms with E-state index >= 15 is 0 Å². The van der Waals surface area contributed by atoms with Gasteiger partial charge >= 0.3 is 0 Å². The van der Waals surface area contributed by atoms with Crippen LogP contribution in [0, 0.1) is 0 Å². The molecule has 104 valence electrons. The van der Waals surface area contributed by atoms with E-state index in [2.05, 4.69) is 12.7 Å². The van der Waals surface area contributed by atoms with Crippen LogP contribution in [0.25, 0.3) is 11.1 Å². The Hall–Kier alpha value is -1.73. The van der Waals surface area contributed by atoms with Gasteiger partial charge in [0.25, 0.3) is 0 Å². The number of ether oxygens (including phenoxy) is 3. The topological polar surface area (TPSA) is 27.7 Å². The summed E-state index contributed by atoms with van der Waals surface area (Å²) in [7, 11) is 3.08. The van der Waals surface area contributed by atoms with E-state index in [1.54, 1.807) is 14.2 Å². The zero-order chi connectivity index (χ0) is 14.1. The largest absolute Gasteiger partial charge is 0.496 e. The maximum atomic E-state index is 5.77. The Bertz CT molecular complexity index is 617. The van der Waals surface area contributed by atoms with Crippen LogP contribution >= 0.6 is 7.92 Å². The van der Waals surface area contributed by atoms with Crippen LogP contribution in [-0.2, 0) is 0 Å². The highest BCUT2D eigenvalue weighted by Gasteiger charge is 2.26. The van der Waals surface area contributed by atoms with Crippen molar-refractivity contribution in [3.05, 3.63) is 36.4 Å². The predicted octanol–water partition coefficient (Wildman–Crippen LogP) is 3.46. The average molecular weight is 288 g/mol. The van der Waals surface area contributed by atoms with Crippen molar-refractivity contribution in [3.8, 4) is 28.4 Å². The fourth-order valence-corrected chi connectivity index (χ4v) is 4.16. The Morgan fingerprint density at radius 3 is 2.30 bits per heavy atom. The quantitative estimate of drug-likeness (QED) is 0.810. The van der Waals surface area contributed by atoms with Crippen molar-refractivity contribution in [2.75, 3.05) is 27.2 Å². The Labute approximate surface area is 120 Å². The van der Waals surface area contributed by atoms with E-state index in [1.165, 1.54) is 5.30 Å². The molecule has 1 heterocycles. The summed E-state index contributed by atoms with van der Waals surface area (Å²) in [6.45, 7) is 2.24. The lowest BCUT2D eigenvalue weighted by Crippen LogP contribution is -2.04. The minimum atomic E-state index is -0.293. The molecule has 1 atom stereocenters. The third-order valence-corrected chi connectivity index (χ3v) is 5.23. The van der Waals surface area contributed by atoms with Crippen molar-refractivity contribution in [2.24, 2.45) is 0 Å². The van der Waals surface area contributed by atoms with Crippen LogP contribution in [0.5, 0.6) is 17.2 Å². The van der Waals surface area contributed by atoms with Gasteiger partial charge in [0.15, 0.2) is 0 Å². The molecule has 0 bridgehead atoms. The summed E-state index contributed by atoms with van der Waals surface area (Å²) in [5.74, 6) is 2.64. The first-order valence-electron chi connectivity index (χ1n) is 6.44. The standard InChI is InChI=1S/C16H17O3P/c1-17-12-7-5-8-13(18-2)15(12)11-6-4-9-14-16(11)20(3)10-19-14/h4-9H,10H2,1-3H3. The Morgan fingerprint density at radius 2 is 1.65 bits per heavy atom. The van der Waals surface area contributed by atoms with Crippen LogP contribution in [-0.4, -0.2) is 27.2 Å². The average Bonchev–Trinajstić information content (AvgIpc) is 2.88. The fourth-order valence-electron chi connectivity index (χ4n) is 2.58. The number of methoxy groups -OCH3 is 2. The third-order valence-electron chi connectivity index (χ3n) is 3.49. The molecule has 1 aliphatic rings. The van der Waals surface area contributed by atoms with Gasteiger partial charge in [-0.05, 0) is 32.8 Å². The van der Waals surface area contributed by atoms with Gasteiger partial charge in [-0.25, -0.2) is 0 Å². The predicted molar refractivity (Wildman–Crippen MR) is 83.0 cm³/mol. The Kier molecular flexibility index (Phi) is 3.54. The van der Waals surface area contributed by atoms with Crippen molar-refractivity contribution < 1.29 is 14.2 Å². The van der Waals surface area contributed by atoms with Crippen LogP contribution in [0.3, 0.4) is 0 Å². The summed E-state index contributed by atoms with van der Waals surface area (Å²) in [6.07, 6.45) is 0.791. The summed E-state index contributed by atoms with van der Waals surface area (Å²) in [6, 6.07) is 12.0. The molecule has 0 aliphatic carbocycles. The molecule has 0 saturated carbocycles. The zero-order valence-corrected chi connectivity index (χ0v) is 12.7. The van der Waals surface area contributed by atoms with Gasteiger partial charge in [-0.3, -0.25) is 0 Å². The fraction of sp³-hybridized carbons (Fsp3) is 0.250. The number of hydrogen-bond donors (Lipinski definition) is 0. The highest BCUT2D eigenvalue weighted by molar-refractivity contribution is 7.65. The third kappa shape index (κ3) is 2.03. The van der Waals surface area contributed by atoms with Gasteiger partial charge in [-0.2, -0.15) is 0 Å². The summed E-state index contributed by atoms with van der Waals surface area (Å²) in [5.41, 5.74) is 2.16. The van der Waals surface area contributed by atoms with Crippen LogP contribution in [0.2, 0.25) is 0 Å². The second-order valence-electron chi connectivity index (χ2n) is 4.66. The minimum Gasteiger partial charge on any atom is -0.496 e. The van der Waals surface area contributed by atoms with Gasteiger partial charge in [0.05, 0.1) is 19.8 Å². The van der Waals surface area contributed by atoms with Gasteiger partial charge in [0.2, 0.25) is 0 Å². The smallest absolute Gasteiger partial charge is 0.130 e. The van der Waals surface area contributed by atoms with E-state index in [0.29, 0.717) is 0 Å². The van der Waals surface area contributed by atoms with Crippen molar-refractivity contribution in [1.82, 2.24) is 0 Å². The van der Waals surface area contributed by atoms with E-state index in [-0.39, 0.29) is 7.92 Å². The summed E-state index contributed by atoms with van der Waals surface area (Å²) < 4.78 is 16.8. The normalized spacial score (nSPS) is 16.4. The van der Waals surface area contributed by atoms with Gasteiger partial charge in [-0.15, -0.1) is 0 Å². The molecule has 1 aliphatic heterocycles. The molecule has 0 N–H and O–H groups in total. The van der Waals surface area contributed by atoms with Crippen molar-refractivity contribution in [2.45, 2.75) is 0 Å². The monoisotopic (exact) mass is 288 g/mol. The molecule has 3 nitrogen and oxygen atoms in total. The molecule has 0 saturated heterocycles. The van der Waals surface area contributed by atoms with E-state index < -0.39 is 0 Å². The molecular weight excluding hydrogens is 271 g/mol. The van der Waals surface area contributed by atoms with Crippen LogP contribution in [0.1, 0.15) is 0 Å². The lowest BCUT2D eigenvalue weighted by Gasteiger charge is -2.16. The molecule has 1 unspecified atom stereocenters. The minimum absolute atomic E-state index is 0.293. The van der Waals surface area contributed by atoms with E-state index in [9.17, 15) is 0 Å². The van der Waals surface area contributed by atoms with Gasteiger partial charge < -0.3 is 14.2 Å². The lowest BCUT2D eigenvalue weighted by molar-refractivity contribution is 0.397. The molecule has 0 radical (unpaired) electrons. The molecule has 2 aromatic rings. The van der Waals surface area contributed by atoms with E-state index in [1.807, 2.05) is 30.3 Å². The maximum Gasteiger partial charge on any atom is 0.130 e. The molecule has 0 aromatic heterocycles. The van der Waals surface area contributed by atoms with Crippen molar-refractivity contribution in [3.63, 3.8) is 0 Å². The molecule has 4 heteroatoms. The van der Waals surface area contributed by atoms with Gasteiger partial charge in [-0.1, -0.05) is 18.2 Å². The van der Waals surface area contributed by atoms with Gasteiger partial charge in [0, 0.05) is 10.9 Å². The number of rotatable bonds is 3. The van der Waals surface area contributed by atoms with Gasteiger partial charge in [0.1, 0.15) is 23.6 Å². The summed E-state index contributed by atoms with van der Waals surface area (Å²) >= 11 is 0. The second-order valence-corrected chi connectivity index (χ2v) is 6.76. The first-order chi connectivity index (χ1) is 9.76. The highest BCUT2D eigenvalue weighted by Crippen LogP contribution is 2.47. The summed E-state index contributed by atoms with van der Waals surface area (Å²) in [4.78, 5) is 0. The maximum absolute atomic E-state index is 5.77. The Morgan fingerprint density at radius 1 is 1.00 bits per heavy atom. The van der Waals surface area contributed by atoms with Crippen LogP contribution < -0.4 is 19.5 Å². The number of benzene rings is 2.